The summed E-state index contributed by atoms with van der Waals surface area (Å²) in [5.74, 6) is 0. The molecule has 5 rings (SSSR count). The van der Waals surface area contributed by atoms with Gasteiger partial charge in [0.2, 0.25) is 0 Å². The fourth-order valence-electron chi connectivity index (χ4n) is 4.31. The van der Waals surface area contributed by atoms with E-state index in [2.05, 4.69) is 62.4 Å². The van der Waals surface area contributed by atoms with Gasteiger partial charge in [0.05, 0.1) is 0 Å². The zero-order chi connectivity index (χ0) is 16.6. The van der Waals surface area contributed by atoms with Crippen LogP contribution in [0, 0.1) is 20.9 Å². The van der Waals surface area contributed by atoms with Gasteiger partial charge in [-0.1, -0.05) is 0 Å². The SMILES string of the molecule is Cc1c2[c](=[W])c3ccccc3c2c(C)c2[c](=[W])c3ccccc3c12. The second kappa shape index (κ2) is 5.14. The molecule has 24 heavy (non-hydrogen) atoms. The van der Waals surface area contributed by atoms with Gasteiger partial charge in [-0.3, -0.25) is 0 Å². The van der Waals surface area contributed by atoms with Crippen LogP contribution in [0.4, 0.5) is 0 Å². The zero-order valence-corrected chi connectivity index (χ0v) is 19.3. The van der Waals surface area contributed by atoms with E-state index in [9.17, 15) is 0 Å². The quantitative estimate of drug-likeness (QED) is 0.195. The summed E-state index contributed by atoms with van der Waals surface area (Å²) in [4.78, 5) is 0. The molecule has 2 heteroatoms. The summed E-state index contributed by atoms with van der Waals surface area (Å²) in [6.45, 7) is 4.66. The monoisotopic (exact) mass is 646 g/mol. The van der Waals surface area contributed by atoms with Crippen LogP contribution in [0.5, 0.6) is 0 Å². The molecule has 0 unspecified atom stereocenters. The van der Waals surface area contributed by atoms with E-state index >= 15 is 0 Å². The first kappa shape index (κ1) is 15.1. The van der Waals surface area contributed by atoms with Crippen LogP contribution in [-0.2, 0) is 38.7 Å². The Kier molecular flexibility index (Phi) is 3.22. The minimum atomic E-state index is 1.43. The minimum absolute atomic E-state index is 1.43. The Morgan fingerprint density at radius 1 is 0.500 bits per heavy atom. The fraction of sp³-hybridized carbons (Fsp3) is 0.0909. The second-order valence-electron chi connectivity index (χ2n) is 6.50. The molecule has 0 nitrogen and oxygen atoms in total. The van der Waals surface area contributed by atoms with Crippen molar-refractivity contribution < 1.29 is 38.7 Å². The normalized spacial score (nSPS) is 12.1. The first-order chi connectivity index (χ1) is 11.6. The summed E-state index contributed by atoms with van der Waals surface area (Å²) < 4.78 is 3.02. The Balaban J connectivity index is 2.27. The molecule has 0 spiro atoms. The van der Waals surface area contributed by atoms with Crippen molar-refractivity contribution in [1.82, 2.24) is 0 Å². The third kappa shape index (κ3) is 1.72. The van der Waals surface area contributed by atoms with E-state index in [-0.39, 0.29) is 0 Å². The molecule has 0 aliphatic carbocycles. The van der Waals surface area contributed by atoms with E-state index in [1.807, 2.05) is 0 Å². The third-order valence-corrected chi connectivity index (χ3v) is 8.38. The fourth-order valence-corrected chi connectivity index (χ4v) is 7.42. The summed E-state index contributed by atoms with van der Waals surface area (Å²) in [7, 11) is 0. The van der Waals surface area contributed by atoms with Crippen LogP contribution < -0.4 is 0 Å². The van der Waals surface area contributed by atoms with Gasteiger partial charge in [-0.05, 0) is 0 Å². The van der Waals surface area contributed by atoms with Crippen molar-refractivity contribution >= 4 is 43.1 Å². The van der Waals surface area contributed by atoms with Gasteiger partial charge < -0.3 is 0 Å². The van der Waals surface area contributed by atoms with E-state index in [1.54, 1.807) is 38.7 Å². The first-order valence-corrected chi connectivity index (χ1v) is 11.0. The van der Waals surface area contributed by atoms with Crippen LogP contribution in [0.3, 0.4) is 0 Å². The molecule has 0 fully saturated rings. The van der Waals surface area contributed by atoms with E-state index in [1.165, 1.54) is 61.3 Å². The van der Waals surface area contributed by atoms with Crippen LogP contribution in [0.25, 0.3) is 43.1 Å². The van der Waals surface area contributed by atoms with Gasteiger partial charge in [0.15, 0.2) is 0 Å². The number of benzene rings is 3. The summed E-state index contributed by atoms with van der Waals surface area (Å²) in [6, 6.07) is 17.9. The first-order valence-electron chi connectivity index (χ1n) is 8.06. The molecule has 0 amide bonds. The van der Waals surface area contributed by atoms with Crippen LogP contribution in [0.1, 0.15) is 11.1 Å². The predicted molar refractivity (Wildman–Crippen MR) is 94.8 cm³/mol. The summed E-state index contributed by atoms with van der Waals surface area (Å²) in [5, 5.41) is 11.7. The number of hydrogen-bond acceptors (Lipinski definition) is 0. The maximum absolute atomic E-state index is 2.33. The Hall–Kier alpha value is -1.22. The van der Waals surface area contributed by atoms with Gasteiger partial charge in [-0.2, -0.15) is 0 Å². The van der Waals surface area contributed by atoms with Crippen molar-refractivity contribution in [1.29, 1.82) is 0 Å². The molecule has 0 saturated heterocycles. The number of aryl methyl sites for hydroxylation is 2. The summed E-state index contributed by atoms with van der Waals surface area (Å²) >= 11 is 3.13. The Bertz CT molecular complexity index is 1290. The van der Waals surface area contributed by atoms with Crippen molar-refractivity contribution in [2.24, 2.45) is 0 Å². The van der Waals surface area contributed by atoms with Crippen molar-refractivity contribution in [2.45, 2.75) is 13.8 Å². The van der Waals surface area contributed by atoms with Crippen LogP contribution in [0.2, 0.25) is 0 Å². The van der Waals surface area contributed by atoms with E-state index in [4.69, 9.17) is 0 Å². The van der Waals surface area contributed by atoms with Gasteiger partial charge in [0.1, 0.15) is 0 Å². The van der Waals surface area contributed by atoms with E-state index in [0.717, 1.165) is 0 Å². The van der Waals surface area contributed by atoms with Crippen LogP contribution in [0.15, 0.2) is 48.5 Å². The number of hydrogen-bond donors (Lipinski definition) is 0. The number of fused-ring (bicyclic) bond motifs is 6. The molecule has 5 aromatic carbocycles. The van der Waals surface area contributed by atoms with Crippen molar-refractivity contribution in [3.8, 4) is 0 Å². The molecular weight excluding hydrogens is 632 g/mol. The van der Waals surface area contributed by atoms with Crippen LogP contribution in [-0.4, -0.2) is 0 Å². The summed E-state index contributed by atoms with van der Waals surface area (Å²) in [6.07, 6.45) is 0. The predicted octanol–water partition coefficient (Wildman–Crippen LogP) is 5.95. The third-order valence-electron chi connectivity index (χ3n) is 5.34. The Morgan fingerprint density at radius 2 is 0.833 bits per heavy atom. The Morgan fingerprint density at radius 3 is 1.21 bits per heavy atom. The molecule has 0 heterocycles. The van der Waals surface area contributed by atoms with Gasteiger partial charge in [0, 0.05) is 0 Å². The molecule has 0 radical (unpaired) electrons. The zero-order valence-electron chi connectivity index (χ0n) is 13.4. The Labute approximate surface area is 161 Å². The molecule has 0 atom stereocenters. The molecule has 0 aliphatic heterocycles. The molecule has 0 bridgehead atoms. The molecule has 0 saturated carbocycles. The average Bonchev–Trinajstić information content (AvgIpc) is 3.07. The van der Waals surface area contributed by atoms with Crippen molar-refractivity contribution in [2.75, 3.05) is 0 Å². The maximum atomic E-state index is 2.33. The van der Waals surface area contributed by atoms with E-state index in [0.29, 0.717) is 0 Å². The van der Waals surface area contributed by atoms with Gasteiger partial charge in [-0.25, -0.2) is 0 Å². The van der Waals surface area contributed by atoms with Gasteiger partial charge in [-0.15, -0.1) is 0 Å². The van der Waals surface area contributed by atoms with Crippen LogP contribution >= 0.6 is 0 Å². The average molecular weight is 646 g/mol. The summed E-state index contributed by atoms with van der Waals surface area (Å²) in [5.41, 5.74) is 2.94. The molecule has 5 aromatic rings. The molecular formula is C22H14W2. The second-order valence-corrected chi connectivity index (χ2v) is 9.43. The van der Waals surface area contributed by atoms with E-state index < -0.39 is 0 Å². The van der Waals surface area contributed by atoms with Crippen molar-refractivity contribution in [3.05, 3.63) is 66.7 Å². The molecule has 0 aromatic heterocycles. The van der Waals surface area contributed by atoms with Gasteiger partial charge >= 0.3 is 162 Å². The topological polar surface area (TPSA) is 0 Å². The molecule has 0 aliphatic rings. The van der Waals surface area contributed by atoms with Gasteiger partial charge in [0.25, 0.3) is 0 Å². The number of rotatable bonds is 0. The van der Waals surface area contributed by atoms with Crippen molar-refractivity contribution in [3.63, 3.8) is 0 Å². The molecule has 114 valence electrons. The molecule has 0 N–H and O–H groups in total. The standard InChI is InChI=1S/C22H14.2W/c1-13-19-11-15-7-4-6-10-18(15)22(19)14(2)20-12-16-8-3-5-9-17(16)21(13)20;;/h3-10H,1-2H3;;.